The number of hydrogen-bond donors (Lipinski definition) is 1. The minimum absolute atomic E-state index is 0.261. The molecule has 0 saturated heterocycles. The van der Waals surface area contributed by atoms with E-state index in [0.717, 1.165) is 29.2 Å². The van der Waals surface area contributed by atoms with Crippen molar-refractivity contribution >= 4 is 77.0 Å². The van der Waals surface area contributed by atoms with Gasteiger partial charge in [-0.25, -0.2) is 0 Å². The van der Waals surface area contributed by atoms with Gasteiger partial charge in [-0.3, -0.25) is 4.79 Å². The van der Waals surface area contributed by atoms with Crippen molar-refractivity contribution < 1.29 is 9.21 Å². The van der Waals surface area contributed by atoms with Crippen molar-refractivity contribution in [1.29, 1.82) is 0 Å². The SMILES string of the molecule is Cc1cc(I)ccc1NC(=O)c1cc2cc(Br)cc(Br)c2o1. The molecule has 0 aliphatic rings. The van der Waals surface area contributed by atoms with Gasteiger partial charge in [0.25, 0.3) is 5.91 Å². The minimum Gasteiger partial charge on any atom is -0.450 e. The fourth-order valence-electron chi connectivity index (χ4n) is 2.14. The molecule has 1 amide bonds. The van der Waals surface area contributed by atoms with Crippen LogP contribution in [0.5, 0.6) is 0 Å². The molecule has 6 heteroatoms. The lowest BCUT2D eigenvalue weighted by molar-refractivity contribution is 0.0998. The van der Waals surface area contributed by atoms with Crippen molar-refractivity contribution in [2.45, 2.75) is 6.92 Å². The molecule has 0 spiro atoms. The van der Waals surface area contributed by atoms with Gasteiger partial charge in [0, 0.05) is 19.1 Å². The van der Waals surface area contributed by atoms with Gasteiger partial charge in [0.1, 0.15) is 5.58 Å². The van der Waals surface area contributed by atoms with Crippen LogP contribution in [0.2, 0.25) is 0 Å². The van der Waals surface area contributed by atoms with Crippen molar-refractivity contribution in [3.63, 3.8) is 0 Å². The summed E-state index contributed by atoms with van der Waals surface area (Å²) in [6.45, 7) is 1.96. The third kappa shape index (κ3) is 3.23. The minimum atomic E-state index is -0.261. The Labute approximate surface area is 157 Å². The van der Waals surface area contributed by atoms with Gasteiger partial charge in [0.2, 0.25) is 0 Å². The second-order valence-corrected chi connectivity index (χ2v) is 7.85. The van der Waals surface area contributed by atoms with Crippen LogP contribution in [0.25, 0.3) is 11.0 Å². The van der Waals surface area contributed by atoms with Crippen LogP contribution >= 0.6 is 54.5 Å². The number of benzene rings is 2. The first-order valence-electron chi connectivity index (χ1n) is 6.40. The van der Waals surface area contributed by atoms with Gasteiger partial charge in [-0.1, -0.05) is 15.9 Å². The molecule has 0 atom stereocenters. The second-order valence-electron chi connectivity index (χ2n) is 4.83. The Kier molecular flexibility index (Phi) is 4.61. The maximum atomic E-state index is 12.4. The molecule has 0 aliphatic carbocycles. The fourth-order valence-corrected chi connectivity index (χ4v) is 4.13. The fraction of sp³-hybridized carbons (Fsp3) is 0.0625. The molecule has 1 N–H and O–H groups in total. The number of carbonyl (C=O) groups excluding carboxylic acids is 1. The molecule has 0 radical (unpaired) electrons. The Hall–Kier alpha value is -0.860. The predicted octanol–water partition coefficient (Wildman–Crippen LogP) is 6.12. The van der Waals surface area contributed by atoms with Gasteiger partial charge in [-0.05, 0) is 87.4 Å². The van der Waals surface area contributed by atoms with Crippen LogP contribution in [0, 0.1) is 10.5 Å². The first-order chi connectivity index (χ1) is 10.4. The summed E-state index contributed by atoms with van der Waals surface area (Å²) < 4.78 is 8.53. The summed E-state index contributed by atoms with van der Waals surface area (Å²) in [6, 6.07) is 11.4. The van der Waals surface area contributed by atoms with Gasteiger partial charge >= 0.3 is 0 Å². The Morgan fingerprint density at radius 3 is 2.68 bits per heavy atom. The highest BCUT2D eigenvalue weighted by Gasteiger charge is 2.15. The topological polar surface area (TPSA) is 42.2 Å². The Balaban J connectivity index is 1.93. The molecule has 3 aromatic rings. The van der Waals surface area contributed by atoms with Crippen LogP contribution in [-0.4, -0.2) is 5.91 Å². The van der Waals surface area contributed by atoms with E-state index in [-0.39, 0.29) is 11.7 Å². The van der Waals surface area contributed by atoms with E-state index >= 15 is 0 Å². The molecule has 22 heavy (non-hydrogen) atoms. The zero-order valence-electron chi connectivity index (χ0n) is 11.4. The van der Waals surface area contributed by atoms with Crippen molar-refractivity contribution in [3.8, 4) is 0 Å². The van der Waals surface area contributed by atoms with Gasteiger partial charge < -0.3 is 9.73 Å². The number of carbonyl (C=O) groups is 1. The highest BCUT2D eigenvalue weighted by Crippen LogP contribution is 2.31. The number of nitrogens with one attached hydrogen (secondary N) is 1. The van der Waals surface area contributed by atoms with Crippen molar-refractivity contribution in [2.24, 2.45) is 0 Å². The van der Waals surface area contributed by atoms with Crippen LogP contribution in [0.1, 0.15) is 16.1 Å². The molecular weight excluding hydrogens is 525 g/mol. The molecule has 0 fully saturated rings. The zero-order valence-corrected chi connectivity index (χ0v) is 16.7. The smallest absolute Gasteiger partial charge is 0.291 e. The number of amides is 1. The molecule has 0 unspecified atom stereocenters. The third-order valence-electron chi connectivity index (χ3n) is 3.20. The second kappa shape index (κ2) is 6.33. The molecule has 3 rings (SSSR count). The normalized spacial score (nSPS) is 10.9. The summed E-state index contributed by atoms with van der Waals surface area (Å²) in [5.41, 5.74) is 2.46. The van der Waals surface area contributed by atoms with Crippen LogP contribution < -0.4 is 5.32 Å². The van der Waals surface area contributed by atoms with Crippen LogP contribution in [0.4, 0.5) is 5.69 Å². The van der Waals surface area contributed by atoms with E-state index < -0.39 is 0 Å². The molecule has 0 aliphatic heterocycles. The average molecular weight is 535 g/mol. The molecule has 1 heterocycles. The Morgan fingerprint density at radius 2 is 1.95 bits per heavy atom. The van der Waals surface area contributed by atoms with Crippen molar-refractivity contribution in [2.75, 3.05) is 5.32 Å². The standard InChI is InChI=1S/C16H10Br2INO2/c1-8-4-11(19)2-3-13(8)20-16(21)14-6-9-5-10(17)7-12(18)15(9)22-14/h2-7H,1H3,(H,20,21). The number of rotatable bonds is 2. The first-order valence-corrected chi connectivity index (χ1v) is 9.06. The average Bonchev–Trinajstić information content (AvgIpc) is 2.86. The van der Waals surface area contributed by atoms with Gasteiger partial charge in [0.15, 0.2) is 5.76 Å². The predicted molar refractivity (Wildman–Crippen MR) is 103 cm³/mol. The van der Waals surface area contributed by atoms with Crippen LogP contribution in [0.15, 0.2) is 49.8 Å². The lowest BCUT2D eigenvalue weighted by Crippen LogP contribution is -2.11. The molecule has 112 valence electrons. The van der Waals surface area contributed by atoms with E-state index in [2.05, 4.69) is 59.8 Å². The van der Waals surface area contributed by atoms with E-state index in [1.165, 1.54) is 0 Å². The largest absolute Gasteiger partial charge is 0.450 e. The molecule has 0 saturated carbocycles. The maximum Gasteiger partial charge on any atom is 0.291 e. The first kappa shape index (κ1) is 16.0. The number of hydrogen-bond acceptors (Lipinski definition) is 2. The van der Waals surface area contributed by atoms with Crippen LogP contribution in [0.3, 0.4) is 0 Å². The number of halogens is 3. The van der Waals surface area contributed by atoms with Gasteiger partial charge in [0.05, 0.1) is 4.47 Å². The monoisotopic (exact) mass is 533 g/mol. The quantitative estimate of drug-likeness (QED) is 0.402. The van der Waals surface area contributed by atoms with Crippen molar-refractivity contribution in [1.82, 2.24) is 0 Å². The van der Waals surface area contributed by atoms with E-state index in [1.807, 2.05) is 37.3 Å². The van der Waals surface area contributed by atoms with Gasteiger partial charge in [-0.15, -0.1) is 0 Å². The Morgan fingerprint density at radius 1 is 1.18 bits per heavy atom. The molecule has 0 bridgehead atoms. The maximum absolute atomic E-state index is 12.4. The summed E-state index contributed by atoms with van der Waals surface area (Å²) in [5.74, 6) is 0.0234. The van der Waals surface area contributed by atoms with E-state index in [1.54, 1.807) is 6.07 Å². The third-order valence-corrected chi connectivity index (χ3v) is 4.91. The summed E-state index contributed by atoms with van der Waals surface area (Å²) in [6.07, 6.45) is 0. The summed E-state index contributed by atoms with van der Waals surface area (Å²) in [5, 5.41) is 3.75. The molecular formula is C16H10Br2INO2. The number of fused-ring (bicyclic) bond motifs is 1. The zero-order chi connectivity index (χ0) is 15.9. The molecule has 3 nitrogen and oxygen atoms in total. The summed E-state index contributed by atoms with van der Waals surface area (Å²) in [7, 11) is 0. The molecule has 2 aromatic carbocycles. The highest BCUT2D eigenvalue weighted by atomic mass is 127. The van der Waals surface area contributed by atoms with E-state index in [9.17, 15) is 4.79 Å². The van der Waals surface area contributed by atoms with Gasteiger partial charge in [-0.2, -0.15) is 0 Å². The molecule has 1 aromatic heterocycles. The highest BCUT2D eigenvalue weighted by molar-refractivity contribution is 14.1. The van der Waals surface area contributed by atoms with Crippen LogP contribution in [-0.2, 0) is 0 Å². The number of aryl methyl sites for hydroxylation is 1. The summed E-state index contributed by atoms with van der Waals surface area (Å²) >= 11 is 9.11. The number of furan rings is 1. The van der Waals surface area contributed by atoms with E-state index in [0.29, 0.717) is 5.58 Å². The summed E-state index contributed by atoms with van der Waals surface area (Å²) in [4.78, 5) is 12.4. The number of anilines is 1. The van der Waals surface area contributed by atoms with Crippen molar-refractivity contribution in [3.05, 3.63) is 60.2 Å². The lowest BCUT2D eigenvalue weighted by atomic mass is 10.2. The van der Waals surface area contributed by atoms with E-state index in [4.69, 9.17) is 4.42 Å². The Bertz CT molecular complexity index is 889. The lowest BCUT2D eigenvalue weighted by Gasteiger charge is -2.07.